The first kappa shape index (κ1) is 9.39. The van der Waals surface area contributed by atoms with Gasteiger partial charge < -0.3 is 9.05 Å². The van der Waals surface area contributed by atoms with Gasteiger partial charge in [0.05, 0.1) is 5.30 Å². The molecule has 0 aliphatic heterocycles. The van der Waals surface area contributed by atoms with Crippen LogP contribution in [0.5, 0.6) is 0 Å². The van der Waals surface area contributed by atoms with Crippen molar-refractivity contribution in [2.75, 3.05) is 14.2 Å². The molecule has 0 unspecified atom stereocenters. The van der Waals surface area contributed by atoms with Crippen molar-refractivity contribution in [2.24, 2.45) is 0 Å². The predicted molar refractivity (Wildman–Crippen MR) is 45.5 cm³/mol. The molecule has 12 heavy (non-hydrogen) atoms. The van der Waals surface area contributed by atoms with Crippen molar-refractivity contribution in [1.29, 1.82) is 0 Å². The van der Waals surface area contributed by atoms with Gasteiger partial charge in [-0.1, -0.05) is 0 Å². The van der Waals surface area contributed by atoms with E-state index in [0.717, 1.165) is 0 Å². The molecule has 66 valence electrons. The maximum atomic E-state index is 11.7. The molecular weight excluding hydrogens is 177 g/mol. The summed E-state index contributed by atoms with van der Waals surface area (Å²) in [5.74, 6) is 0. The van der Waals surface area contributed by atoms with E-state index in [9.17, 15) is 4.57 Å². The molecule has 5 heteroatoms. The third-order valence-electron chi connectivity index (χ3n) is 1.44. The SMILES string of the molecule is COP(=O)(OC)c1cccnc1. The van der Waals surface area contributed by atoms with Gasteiger partial charge in [0.2, 0.25) is 0 Å². The summed E-state index contributed by atoms with van der Waals surface area (Å²) in [6.45, 7) is 0. The zero-order valence-electron chi connectivity index (χ0n) is 6.93. The molecule has 0 saturated heterocycles. The Kier molecular flexibility index (Phi) is 2.98. The van der Waals surface area contributed by atoms with Crippen molar-refractivity contribution in [3.05, 3.63) is 24.5 Å². The van der Waals surface area contributed by atoms with Gasteiger partial charge in [-0.25, -0.2) is 0 Å². The van der Waals surface area contributed by atoms with Crippen LogP contribution in [0.2, 0.25) is 0 Å². The van der Waals surface area contributed by atoms with Crippen LogP contribution in [-0.2, 0) is 13.6 Å². The maximum absolute atomic E-state index is 11.7. The summed E-state index contributed by atoms with van der Waals surface area (Å²) in [5.41, 5.74) is 0. The lowest BCUT2D eigenvalue weighted by atomic mass is 10.5. The molecule has 0 atom stereocenters. The molecule has 0 N–H and O–H groups in total. The van der Waals surface area contributed by atoms with Crippen molar-refractivity contribution >= 4 is 12.9 Å². The number of pyridine rings is 1. The van der Waals surface area contributed by atoms with Crippen molar-refractivity contribution < 1.29 is 13.6 Å². The van der Waals surface area contributed by atoms with Crippen LogP contribution < -0.4 is 5.30 Å². The van der Waals surface area contributed by atoms with Crippen LogP contribution in [0.1, 0.15) is 0 Å². The molecule has 0 aliphatic carbocycles. The van der Waals surface area contributed by atoms with Crippen LogP contribution in [0.4, 0.5) is 0 Å². The van der Waals surface area contributed by atoms with E-state index < -0.39 is 7.60 Å². The Hall–Kier alpha value is -0.700. The average molecular weight is 187 g/mol. The van der Waals surface area contributed by atoms with Crippen LogP contribution >= 0.6 is 7.60 Å². The van der Waals surface area contributed by atoms with E-state index in [-0.39, 0.29) is 0 Å². The summed E-state index contributed by atoms with van der Waals surface area (Å²) in [6.07, 6.45) is 3.06. The largest absolute Gasteiger partial charge is 0.362 e. The van der Waals surface area contributed by atoms with Gasteiger partial charge in [-0.2, -0.15) is 0 Å². The van der Waals surface area contributed by atoms with E-state index in [0.29, 0.717) is 5.30 Å². The molecule has 0 radical (unpaired) electrons. The fraction of sp³-hybridized carbons (Fsp3) is 0.286. The molecule has 0 saturated carbocycles. The molecule has 4 nitrogen and oxygen atoms in total. The van der Waals surface area contributed by atoms with Gasteiger partial charge in [0, 0.05) is 26.6 Å². The van der Waals surface area contributed by atoms with Gasteiger partial charge in [0.1, 0.15) is 0 Å². The van der Waals surface area contributed by atoms with Crippen molar-refractivity contribution in [2.45, 2.75) is 0 Å². The molecule has 0 aromatic carbocycles. The Balaban J connectivity index is 3.04. The summed E-state index contributed by atoms with van der Waals surface area (Å²) in [5, 5.41) is 0.468. The third-order valence-corrected chi connectivity index (χ3v) is 3.30. The highest BCUT2D eigenvalue weighted by Gasteiger charge is 2.23. The van der Waals surface area contributed by atoms with Crippen LogP contribution in [0.15, 0.2) is 24.5 Å². The number of aromatic nitrogens is 1. The first-order valence-electron chi connectivity index (χ1n) is 3.35. The maximum Gasteiger partial charge on any atom is 0.362 e. The monoisotopic (exact) mass is 187 g/mol. The second kappa shape index (κ2) is 3.81. The molecule has 1 heterocycles. The van der Waals surface area contributed by atoms with E-state index in [2.05, 4.69) is 4.98 Å². The first-order chi connectivity index (χ1) is 5.73. The number of hydrogen-bond acceptors (Lipinski definition) is 4. The van der Waals surface area contributed by atoms with Gasteiger partial charge in [-0.15, -0.1) is 0 Å². The van der Waals surface area contributed by atoms with Crippen LogP contribution in [-0.4, -0.2) is 19.2 Å². The minimum atomic E-state index is -3.10. The molecule has 0 fully saturated rings. The fourth-order valence-corrected chi connectivity index (χ4v) is 1.85. The first-order valence-corrected chi connectivity index (χ1v) is 4.89. The highest BCUT2D eigenvalue weighted by atomic mass is 31.2. The van der Waals surface area contributed by atoms with E-state index in [4.69, 9.17) is 9.05 Å². The summed E-state index contributed by atoms with van der Waals surface area (Å²) in [7, 11) is -0.407. The van der Waals surface area contributed by atoms with Crippen molar-refractivity contribution in [3.8, 4) is 0 Å². The Morgan fingerprint density at radius 3 is 2.50 bits per heavy atom. The van der Waals surface area contributed by atoms with E-state index in [1.54, 1.807) is 18.3 Å². The van der Waals surface area contributed by atoms with Gasteiger partial charge in [-0.3, -0.25) is 9.55 Å². The highest BCUT2D eigenvalue weighted by Crippen LogP contribution is 2.44. The van der Waals surface area contributed by atoms with Crippen LogP contribution in [0, 0.1) is 0 Å². The molecule has 0 aliphatic rings. The molecule has 1 rings (SSSR count). The fourth-order valence-electron chi connectivity index (χ4n) is 0.801. The van der Waals surface area contributed by atoms with E-state index >= 15 is 0 Å². The lowest BCUT2D eigenvalue weighted by Crippen LogP contribution is -2.07. The number of hydrogen-bond donors (Lipinski definition) is 0. The molecule has 1 aromatic rings. The summed E-state index contributed by atoms with van der Waals surface area (Å²) < 4.78 is 21.2. The van der Waals surface area contributed by atoms with E-state index in [1.165, 1.54) is 20.4 Å². The summed E-state index contributed by atoms with van der Waals surface area (Å²) in [4.78, 5) is 3.81. The topological polar surface area (TPSA) is 48.4 Å². The second-order valence-corrected chi connectivity index (χ2v) is 4.32. The van der Waals surface area contributed by atoms with Gasteiger partial charge >= 0.3 is 7.60 Å². The molecule has 1 aromatic heterocycles. The van der Waals surface area contributed by atoms with Crippen LogP contribution in [0.25, 0.3) is 0 Å². The second-order valence-electron chi connectivity index (χ2n) is 2.07. The normalized spacial score (nSPS) is 11.5. The Bertz CT molecular complexity index is 280. The summed E-state index contributed by atoms with van der Waals surface area (Å²) >= 11 is 0. The summed E-state index contributed by atoms with van der Waals surface area (Å²) in [6, 6.07) is 3.33. The number of rotatable bonds is 3. The van der Waals surface area contributed by atoms with Crippen LogP contribution in [0.3, 0.4) is 0 Å². The average Bonchev–Trinajstić information content (AvgIpc) is 2.18. The van der Waals surface area contributed by atoms with Crippen molar-refractivity contribution in [1.82, 2.24) is 4.98 Å². The standard InChI is InChI=1S/C7H10NO3P/c1-10-12(9,11-2)7-4-3-5-8-6-7/h3-6H,1-2H3. The zero-order chi connectivity index (χ0) is 9.03. The molecular formula is C7H10NO3P. The lowest BCUT2D eigenvalue weighted by molar-refractivity contribution is 0.287. The van der Waals surface area contributed by atoms with Crippen molar-refractivity contribution in [3.63, 3.8) is 0 Å². The Morgan fingerprint density at radius 2 is 2.08 bits per heavy atom. The third kappa shape index (κ3) is 1.72. The predicted octanol–water partition coefficient (Wildman–Crippen LogP) is 1.19. The quantitative estimate of drug-likeness (QED) is 0.667. The van der Waals surface area contributed by atoms with Gasteiger partial charge in [0.15, 0.2) is 0 Å². The minimum absolute atomic E-state index is 0.468. The minimum Gasteiger partial charge on any atom is -0.309 e. The highest BCUT2D eigenvalue weighted by molar-refractivity contribution is 7.62. The van der Waals surface area contributed by atoms with Gasteiger partial charge in [-0.05, 0) is 12.1 Å². The Morgan fingerprint density at radius 1 is 1.42 bits per heavy atom. The lowest BCUT2D eigenvalue weighted by Gasteiger charge is -2.12. The zero-order valence-corrected chi connectivity index (χ0v) is 7.82. The molecule has 0 spiro atoms. The smallest absolute Gasteiger partial charge is 0.309 e. The molecule has 0 bridgehead atoms. The Labute approximate surface area is 71.1 Å². The van der Waals surface area contributed by atoms with Gasteiger partial charge in [0.25, 0.3) is 0 Å². The number of nitrogens with zero attached hydrogens (tertiary/aromatic N) is 1. The molecule has 0 amide bonds. The van der Waals surface area contributed by atoms with E-state index in [1.807, 2.05) is 0 Å².